The van der Waals surface area contributed by atoms with E-state index in [1.807, 2.05) is 0 Å². The van der Waals surface area contributed by atoms with E-state index >= 15 is 0 Å². The molecule has 0 spiro atoms. The number of carbonyl (C=O) groups is 3. The number of hydrogen-bond acceptors (Lipinski definition) is 7. The standard InChI is InChI=1S/C10H17N3O6S.Na/c11-5(10(18)19)1-2-7(14)13-6(4-20)9(17)12-3-8(15)16;/h5-6,20H,1-4,11H2,(H,12,17)(H,13,14)(H,15,16)(H,18,19);/q;+1/p-1/t5-,6-;/m0./s1. The first-order valence-electron chi connectivity index (χ1n) is 5.60. The molecule has 0 saturated carbocycles. The number of carboxylic acid groups (broad SMARTS) is 2. The maximum Gasteiger partial charge on any atom is 1.00 e. The van der Waals surface area contributed by atoms with E-state index in [4.69, 9.17) is 15.9 Å². The van der Waals surface area contributed by atoms with Crippen LogP contribution < -0.4 is 45.7 Å². The topological polar surface area (TPSA) is 165 Å². The first kappa shape index (κ1) is 22.5. The van der Waals surface area contributed by atoms with Crippen molar-refractivity contribution in [3.05, 3.63) is 0 Å². The number of amides is 1. The summed E-state index contributed by atoms with van der Waals surface area (Å²) in [4.78, 5) is 35.7. The van der Waals surface area contributed by atoms with Crippen LogP contribution in [0.2, 0.25) is 0 Å². The van der Waals surface area contributed by atoms with Crippen LogP contribution in [0, 0.1) is 0 Å². The van der Waals surface area contributed by atoms with E-state index in [0.717, 1.165) is 0 Å². The van der Waals surface area contributed by atoms with E-state index in [1.165, 1.54) is 0 Å². The van der Waals surface area contributed by atoms with Crippen molar-refractivity contribution >= 4 is 36.4 Å². The van der Waals surface area contributed by atoms with Gasteiger partial charge in [-0.25, -0.2) is 0 Å². The number of nitrogens with two attached hydrogens (primary N) is 1. The van der Waals surface area contributed by atoms with Crippen LogP contribution in [0.1, 0.15) is 12.8 Å². The number of aliphatic carboxylic acids is 2. The van der Waals surface area contributed by atoms with Gasteiger partial charge in [-0.1, -0.05) is 0 Å². The van der Waals surface area contributed by atoms with Crippen molar-refractivity contribution < 1.29 is 59.3 Å². The van der Waals surface area contributed by atoms with Gasteiger partial charge in [-0.05, 0) is 18.7 Å². The third-order valence-corrected chi connectivity index (χ3v) is 2.52. The number of carbonyl (C=O) groups excluding carboxylic acids is 1. The molecule has 1 amide bonds. The third kappa shape index (κ3) is 10.5. The first-order valence-corrected chi connectivity index (χ1v) is 6.23. The predicted octanol–water partition coefficient (Wildman–Crippen LogP) is -5.56. The van der Waals surface area contributed by atoms with Crippen LogP contribution in [0.3, 0.4) is 0 Å². The summed E-state index contributed by atoms with van der Waals surface area (Å²) in [7, 11) is 0. The Balaban J connectivity index is 0. The minimum absolute atomic E-state index is 0. The second kappa shape index (κ2) is 11.8. The Bertz CT molecular complexity index is 406. The molecule has 114 valence electrons. The van der Waals surface area contributed by atoms with E-state index in [1.54, 1.807) is 0 Å². The van der Waals surface area contributed by atoms with Gasteiger partial charge in [-0.3, -0.25) is 19.4 Å². The largest absolute Gasteiger partial charge is 1.00 e. The molecule has 0 aliphatic carbocycles. The third-order valence-electron chi connectivity index (χ3n) is 2.18. The smallest absolute Gasteiger partial charge is 0.862 e. The molecule has 0 fully saturated rings. The van der Waals surface area contributed by atoms with Crippen molar-refractivity contribution in [1.29, 1.82) is 0 Å². The van der Waals surface area contributed by atoms with Crippen LogP contribution in [-0.2, 0) is 14.4 Å². The first-order chi connectivity index (χ1) is 9.27. The van der Waals surface area contributed by atoms with Gasteiger partial charge in [0.25, 0.3) is 0 Å². The van der Waals surface area contributed by atoms with Gasteiger partial charge in [-0.15, -0.1) is 0 Å². The average Bonchev–Trinajstić information content (AvgIpc) is 2.38. The number of rotatable bonds is 9. The fourth-order valence-electron chi connectivity index (χ4n) is 1.10. The minimum atomic E-state index is -1.23. The summed E-state index contributed by atoms with van der Waals surface area (Å²) in [6.45, 7) is -0.587. The van der Waals surface area contributed by atoms with Crippen molar-refractivity contribution in [3.8, 4) is 0 Å². The van der Waals surface area contributed by atoms with Crippen LogP contribution in [0.5, 0.6) is 0 Å². The molecule has 2 atom stereocenters. The van der Waals surface area contributed by atoms with Gasteiger partial charge in [-0.2, -0.15) is 12.6 Å². The summed E-state index contributed by atoms with van der Waals surface area (Å²) in [5.74, 6) is -3.97. The number of nitrogens with one attached hydrogen (secondary N) is 1. The molecule has 0 rings (SSSR count). The van der Waals surface area contributed by atoms with Crippen LogP contribution in [0.4, 0.5) is 0 Å². The SMILES string of the molecule is N[C@@H](CCC([O-])=N[C@@H](CS)C(=O)NCC(=O)O)C(=O)O.[Na+]. The fourth-order valence-corrected chi connectivity index (χ4v) is 1.35. The van der Waals surface area contributed by atoms with Crippen LogP contribution in [0.25, 0.3) is 0 Å². The summed E-state index contributed by atoms with van der Waals surface area (Å²) >= 11 is 3.84. The zero-order valence-corrected chi connectivity index (χ0v) is 14.4. The maximum atomic E-state index is 11.5. The molecule has 0 aromatic rings. The Morgan fingerprint density at radius 2 is 1.90 bits per heavy atom. The number of carboxylic acids is 2. The van der Waals surface area contributed by atoms with Crippen molar-refractivity contribution in [2.45, 2.75) is 24.9 Å². The number of aliphatic imine (C=N–C) groups is 1. The van der Waals surface area contributed by atoms with Crippen molar-refractivity contribution in [2.75, 3.05) is 12.3 Å². The molecular formula is C10H16N3NaO6S. The molecule has 0 radical (unpaired) electrons. The van der Waals surface area contributed by atoms with Gasteiger partial charge in [0.2, 0.25) is 5.91 Å². The van der Waals surface area contributed by atoms with Crippen molar-refractivity contribution in [2.24, 2.45) is 10.7 Å². The quantitative estimate of drug-likeness (QED) is 0.122. The monoisotopic (exact) mass is 329 g/mol. The summed E-state index contributed by atoms with van der Waals surface area (Å²) in [6, 6.07) is -2.30. The van der Waals surface area contributed by atoms with E-state index in [9.17, 15) is 19.5 Å². The molecule has 5 N–H and O–H groups in total. The van der Waals surface area contributed by atoms with Gasteiger partial charge in [0, 0.05) is 5.75 Å². The van der Waals surface area contributed by atoms with Gasteiger partial charge < -0.3 is 26.4 Å². The molecule has 0 aromatic heterocycles. The van der Waals surface area contributed by atoms with E-state index in [2.05, 4.69) is 22.9 Å². The van der Waals surface area contributed by atoms with Crippen LogP contribution in [-0.4, -0.2) is 58.3 Å². The Hall–Kier alpha value is -0.810. The molecule has 0 heterocycles. The Morgan fingerprint density at radius 1 is 1.33 bits per heavy atom. The average molecular weight is 329 g/mol. The minimum Gasteiger partial charge on any atom is -0.862 e. The van der Waals surface area contributed by atoms with Crippen LogP contribution >= 0.6 is 12.6 Å². The van der Waals surface area contributed by atoms with Gasteiger partial charge in [0.1, 0.15) is 18.6 Å². The second-order valence-electron chi connectivity index (χ2n) is 3.82. The van der Waals surface area contributed by atoms with Gasteiger partial charge in [0.05, 0.1) is 0 Å². The summed E-state index contributed by atoms with van der Waals surface area (Å²) in [5, 5.41) is 30.4. The van der Waals surface area contributed by atoms with E-state index in [-0.39, 0.29) is 48.2 Å². The molecule has 0 bridgehead atoms. The summed E-state index contributed by atoms with van der Waals surface area (Å²) < 4.78 is 0. The molecule has 0 saturated heterocycles. The number of hydrogen-bond donors (Lipinski definition) is 5. The molecule has 11 heteroatoms. The van der Waals surface area contributed by atoms with Gasteiger partial charge >= 0.3 is 41.5 Å². The zero-order chi connectivity index (χ0) is 15.7. The summed E-state index contributed by atoms with van der Waals surface area (Å²) in [5.41, 5.74) is 5.22. The molecule has 0 aliphatic rings. The predicted molar refractivity (Wildman–Crippen MR) is 70.6 cm³/mol. The van der Waals surface area contributed by atoms with E-state index < -0.39 is 42.4 Å². The molecule has 9 nitrogen and oxygen atoms in total. The molecule has 0 aromatic carbocycles. The summed E-state index contributed by atoms with van der Waals surface area (Å²) in [6.07, 6.45) is -0.322. The second-order valence-corrected chi connectivity index (χ2v) is 4.18. The van der Waals surface area contributed by atoms with Crippen LogP contribution in [0.15, 0.2) is 4.99 Å². The van der Waals surface area contributed by atoms with Crippen molar-refractivity contribution in [1.82, 2.24) is 5.32 Å². The fraction of sp³-hybridized carbons (Fsp3) is 0.600. The molecule has 0 aliphatic heterocycles. The Kier molecular flexibility index (Phi) is 12.6. The zero-order valence-electron chi connectivity index (χ0n) is 11.5. The van der Waals surface area contributed by atoms with E-state index in [0.29, 0.717) is 0 Å². The number of nitrogens with zero attached hydrogens (tertiary/aromatic N) is 1. The van der Waals surface area contributed by atoms with Crippen molar-refractivity contribution in [3.63, 3.8) is 0 Å². The molecule has 21 heavy (non-hydrogen) atoms. The van der Waals surface area contributed by atoms with Gasteiger partial charge in [0.15, 0.2) is 0 Å². The Labute approximate surface area is 148 Å². The molecular weight excluding hydrogens is 313 g/mol. The Morgan fingerprint density at radius 3 is 2.33 bits per heavy atom. The normalized spacial score (nSPS) is 13.7. The molecule has 0 unspecified atom stereocenters. The maximum absolute atomic E-state index is 11.5. The number of thiol groups is 1.